The zero-order valence-corrected chi connectivity index (χ0v) is 11.5. The van der Waals surface area contributed by atoms with E-state index >= 15 is 0 Å². The maximum atomic E-state index is 10.5. The van der Waals surface area contributed by atoms with Crippen LogP contribution in [-0.4, -0.2) is 26.0 Å². The van der Waals surface area contributed by atoms with E-state index in [0.29, 0.717) is 0 Å². The van der Waals surface area contributed by atoms with Crippen LogP contribution in [0.3, 0.4) is 0 Å². The lowest BCUT2D eigenvalue weighted by molar-refractivity contribution is 0.109. The summed E-state index contributed by atoms with van der Waals surface area (Å²) in [4.78, 5) is 3.95. The predicted octanol–water partition coefficient (Wildman–Crippen LogP) is 2.68. The molecule has 0 aliphatic rings. The third-order valence-corrected chi connectivity index (χ3v) is 2.90. The van der Waals surface area contributed by atoms with Gasteiger partial charge in [0.2, 0.25) is 0 Å². The lowest BCUT2D eigenvalue weighted by atomic mass is 9.86. The topological polar surface area (TPSA) is 50.9 Å². The van der Waals surface area contributed by atoms with Gasteiger partial charge in [-0.1, -0.05) is 51.1 Å². The van der Waals surface area contributed by atoms with Crippen molar-refractivity contribution in [3.8, 4) is 0 Å². The second-order valence-electron chi connectivity index (χ2n) is 5.59. The molecule has 1 unspecified atom stereocenters. The molecule has 0 saturated heterocycles. The fourth-order valence-corrected chi connectivity index (χ4v) is 1.78. The van der Waals surface area contributed by atoms with Gasteiger partial charge in [0, 0.05) is 0 Å². The van der Waals surface area contributed by atoms with E-state index in [2.05, 4.69) is 10.1 Å². The van der Waals surface area contributed by atoms with Gasteiger partial charge in [0.25, 0.3) is 0 Å². The number of aromatic nitrogens is 3. The second-order valence-corrected chi connectivity index (χ2v) is 5.59. The molecule has 1 N–H and O–H groups in total. The summed E-state index contributed by atoms with van der Waals surface area (Å²) in [6, 6.07) is 9.88. The minimum atomic E-state index is -0.630. The van der Waals surface area contributed by atoms with Gasteiger partial charge in [-0.05, 0) is 17.1 Å². The molecular formula is C15H19N3O. The third kappa shape index (κ3) is 3.29. The first-order valence-corrected chi connectivity index (χ1v) is 6.28. The lowest BCUT2D eigenvalue weighted by Gasteiger charge is -2.27. The fourth-order valence-electron chi connectivity index (χ4n) is 1.78. The van der Waals surface area contributed by atoms with E-state index in [1.54, 1.807) is 11.0 Å². The Labute approximate surface area is 113 Å². The summed E-state index contributed by atoms with van der Waals surface area (Å²) in [6.45, 7) is 5.98. The zero-order valence-electron chi connectivity index (χ0n) is 11.5. The Balaban J connectivity index is 2.44. The van der Waals surface area contributed by atoms with E-state index < -0.39 is 6.10 Å². The van der Waals surface area contributed by atoms with Crippen molar-refractivity contribution in [2.45, 2.75) is 26.9 Å². The number of nitrogens with zero attached hydrogens (tertiary/aromatic N) is 3. The Morgan fingerprint density at radius 1 is 1.26 bits per heavy atom. The van der Waals surface area contributed by atoms with Gasteiger partial charge in [-0.25, -0.2) is 9.67 Å². The van der Waals surface area contributed by atoms with Gasteiger partial charge in [-0.15, -0.1) is 0 Å². The van der Waals surface area contributed by atoms with Crippen molar-refractivity contribution in [2.24, 2.45) is 5.41 Å². The van der Waals surface area contributed by atoms with Gasteiger partial charge in [0.05, 0.1) is 5.70 Å². The third-order valence-electron chi connectivity index (χ3n) is 2.90. The monoisotopic (exact) mass is 257 g/mol. The van der Waals surface area contributed by atoms with Crippen molar-refractivity contribution in [1.82, 2.24) is 14.8 Å². The molecule has 0 bridgehead atoms. The molecular weight excluding hydrogens is 238 g/mol. The number of hydrogen-bond donors (Lipinski definition) is 1. The summed E-state index contributed by atoms with van der Waals surface area (Å²) in [6.07, 6.45) is 4.37. The Morgan fingerprint density at radius 2 is 1.95 bits per heavy atom. The Morgan fingerprint density at radius 3 is 2.47 bits per heavy atom. The van der Waals surface area contributed by atoms with Gasteiger partial charge in [-0.2, -0.15) is 5.10 Å². The largest absolute Gasteiger partial charge is 0.386 e. The zero-order chi connectivity index (χ0) is 13.9. The first-order valence-electron chi connectivity index (χ1n) is 6.28. The van der Waals surface area contributed by atoms with E-state index in [1.807, 2.05) is 57.2 Å². The van der Waals surface area contributed by atoms with Crippen LogP contribution in [0, 0.1) is 5.41 Å². The summed E-state index contributed by atoms with van der Waals surface area (Å²) in [5.41, 5.74) is 1.47. The van der Waals surface area contributed by atoms with E-state index in [4.69, 9.17) is 0 Å². The molecule has 1 atom stereocenters. The molecule has 0 radical (unpaired) electrons. The predicted molar refractivity (Wildman–Crippen MR) is 76.1 cm³/mol. The van der Waals surface area contributed by atoms with Crippen LogP contribution in [0.25, 0.3) is 11.8 Å². The molecule has 1 aromatic carbocycles. The summed E-state index contributed by atoms with van der Waals surface area (Å²) < 4.78 is 1.61. The number of hydrogen-bond acceptors (Lipinski definition) is 3. The lowest BCUT2D eigenvalue weighted by Crippen LogP contribution is -2.29. The summed E-state index contributed by atoms with van der Waals surface area (Å²) >= 11 is 0. The van der Waals surface area contributed by atoms with Crippen LogP contribution in [-0.2, 0) is 0 Å². The van der Waals surface area contributed by atoms with E-state index in [1.165, 1.54) is 6.33 Å². The average molecular weight is 257 g/mol. The fraction of sp³-hybridized carbons (Fsp3) is 0.333. The molecule has 0 fully saturated rings. The summed E-state index contributed by atoms with van der Waals surface area (Å²) in [5, 5.41) is 14.6. The molecule has 100 valence electrons. The minimum Gasteiger partial charge on any atom is -0.386 e. The molecule has 19 heavy (non-hydrogen) atoms. The molecule has 0 aliphatic carbocycles. The van der Waals surface area contributed by atoms with E-state index in [-0.39, 0.29) is 5.41 Å². The van der Waals surface area contributed by atoms with Crippen LogP contribution >= 0.6 is 0 Å². The molecule has 1 aromatic heterocycles. The number of rotatable bonds is 3. The summed E-state index contributed by atoms with van der Waals surface area (Å²) in [7, 11) is 0. The standard InChI is InChI=1S/C15H19N3O/c1-15(2,3)14(19)13(18-11-16-10-17-18)9-12-7-5-4-6-8-12/h4-11,14,19H,1-3H3/b13-9-. The second kappa shape index (κ2) is 5.36. The highest BCUT2D eigenvalue weighted by Crippen LogP contribution is 2.28. The van der Waals surface area contributed by atoms with Gasteiger partial charge in [0.15, 0.2) is 0 Å². The Hall–Kier alpha value is -1.94. The molecule has 1 heterocycles. The number of aliphatic hydroxyl groups excluding tert-OH is 1. The highest BCUT2D eigenvalue weighted by atomic mass is 16.3. The maximum absolute atomic E-state index is 10.5. The van der Waals surface area contributed by atoms with Crippen molar-refractivity contribution < 1.29 is 5.11 Å². The quantitative estimate of drug-likeness (QED) is 0.919. The van der Waals surface area contributed by atoms with Crippen LogP contribution in [0.15, 0.2) is 43.0 Å². The molecule has 0 aliphatic heterocycles. The van der Waals surface area contributed by atoms with Crippen molar-refractivity contribution >= 4 is 11.8 Å². The number of aliphatic hydroxyl groups is 1. The normalized spacial score (nSPS) is 14.4. The molecule has 0 amide bonds. The first-order chi connectivity index (χ1) is 8.98. The smallest absolute Gasteiger partial charge is 0.138 e. The van der Waals surface area contributed by atoms with Crippen molar-refractivity contribution in [2.75, 3.05) is 0 Å². The molecule has 4 nitrogen and oxygen atoms in total. The van der Waals surface area contributed by atoms with Crippen molar-refractivity contribution in [3.63, 3.8) is 0 Å². The van der Waals surface area contributed by atoms with Crippen LogP contribution in [0.5, 0.6) is 0 Å². The average Bonchev–Trinajstić information content (AvgIpc) is 2.89. The van der Waals surface area contributed by atoms with Gasteiger partial charge in [0.1, 0.15) is 18.8 Å². The molecule has 4 heteroatoms. The minimum absolute atomic E-state index is 0.271. The number of benzene rings is 1. The van der Waals surface area contributed by atoms with Crippen molar-refractivity contribution in [3.05, 3.63) is 48.5 Å². The maximum Gasteiger partial charge on any atom is 0.138 e. The molecule has 0 saturated carbocycles. The Bertz CT molecular complexity index is 539. The van der Waals surface area contributed by atoms with Gasteiger partial charge >= 0.3 is 0 Å². The van der Waals surface area contributed by atoms with Crippen LogP contribution in [0.4, 0.5) is 0 Å². The van der Waals surface area contributed by atoms with Crippen LogP contribution in [0.1, 0.15) is 26.3 Å². The van der Waals surface area contributed by atoms with Crippen LogP contribution in [0.2, 0.25) is 0 Å². The van der Waals surface area contributed by atoms with Crippen molar-refractivity contribution in [1.29, 1.82) is 0 Å². The van der Waals surface area contributed by atoms with Gasteiger partial charge in [-0.3, -0.25) is 0 Å². The summed E-state index contributed by atoms with van der Waals surface area (Å²) in [5.74, 6) is 0. The highest BCUT2D eigenvalue weighted by molar-refractivity contribution is 5.72. The molecule has 2 rings (SSSR count). The van der Waals surface area contributed by atoms with E-state index in [9.17, 15) is 5.11 Å². The van der Waals surface area contributed by atoms with Gasteiger partial charge < -0.3 is 5.11 Å². The van der Waals surface area contributed by atoms with Crippen LogP contribution < -0.4 is 0 Å². The Kier molecular flexibility index (Phi) is 3.81. The molecule has 0 spiro atoms. The first kappa shape index (κ1) is 13.5. The molecule has 2 aromatic rings. The highest BCUT2D eigenvalue weighted by Gasteiger charge is 2.27. The SMILES string of the molecule is CC(C)(C)C(O)/C(=C/c1ccccc1)n1cncn1. The van der Waals surface area contributed by atoms with E-state index in [0.717, 1.165) is 11.3 Å².